The first-order chi connectivity index (χ1) is 34.3. The van der Waals surface area contributed by atoms with Gasteiger partial charge in [0.25, 0.3) is 0 Å². The third kappa shape index (κ3) is 6.18. The highest BCUT2D eigenvalue weighted by atomic mass is 16.3. The van der Waals surface area contributed by atoms with E-state index in [4.69, 9.17) is 19.4 Å². The molecule has 4 heterocycles. The molecule has 0 spiro atoms. The summed E-state index contributed by atoms with van der Waals surface area (Å²) < 4.78 is 11.0. The molecule has 0 bridgehead atoms. The summed E-state index contributed by atoms with van der Waals surface area (Å²) in [6.07, 6.45) is 0. The Morgan fingerprint density at radius 3 is 1.73 bits per heavy atom. The van der Waals surface area contributed by atoms with Gasteiger partial charge in [0.05, 0.1) is 33.3 Å². The molecule has 12 heteroatoms. The largest absolute Gasteiger partial charge is 0.456 e. The van der Waals surface area contributed by atoms with E-state index in [1.807, 2.05) is 72.8 Å². The molecule has 0 aliphatic heterocycles. The zero-order chi connectivity index (χ0) is 47.4. The molecule has 322 valence electrons. The molecular formula is C58H39B5N6O. The third-order valence-corrected chi connectivity index (χ3v) is 14.8. The van der Waals surface area contributed by atoms with Crippen molar-refractivity contribution in [2.75, 3.05) is 0 Å². The van der Waals surface area contributed by atoms with E-state index in [0.717, 1.165) is 93.5 Å². The van der Waals surface area contributed by atoms with Crippen LogP contribution in [0.1, 0.15) is 5.56 Å². The maximum Gasteiger partial charge on any atom is 0.164 e. The van der Waals surface area contributed by atoms with Crippen molar-refractivity contribution in [3.8, 4) is 62.7 Å². The molecule has 0 atom stereocenters. The van der Waals surface area contributed by atoms with Crippen LogP contribution in [0.15, 0.2) is 180 Å². The summed E-state index contributed by atoms with van der Waals surface area (Å²) >= 11 is 0. The van der Waals surface area contributed by atoms with Crippen LogP contribution in [0.2, 0.25) is 0 Å². The molecule has 0 aliphatic carbocycles. The number of hydrogen-bond donors (Lipinski definition) is 0. The molecule has 13 aromatic rings. The van der Waals surface area contributed by atoms with Gasteiger partial charge in [0.1, 0.15) is 56.5 Å². The number of rotatable bonds is 6. The Morgan fingerprint density at radius 1 is 0.414 bits per heavy atom. The van der Waals surface area contributed by atoms with Crippen LogP contribution in [0.3, 0.4) is 0 Å². The molecule has 0 aliphatic rings. The molecule has 13 rings (SSSR count). The smallest absolute Gasteiger partial charge is 0.164 e. The average molecular weight is 890 g/mol. The number of nitrogens with zero attached hydrogens (tertiary/aromatic N) is 6. The van der Waals surface area contributed by atoms with Gasteiger partial charge in [-0.1, -0.05) is 137 Å². The first-order valence-electron chi connectivity index (χ1n) is 23.7. The van der Waals surface area contributed by atoms with Gasteiger partial charge in [-0.05, 0) is 71.8 Å². The Balaban J connectivity index is 1.05. The number of para-hydroxylation sites is 3. The molecule has 9 aromatic carbocycles. The second kappa shape index (κ2) is 15.9. The third-order valence-electron chi connectivity index (χ3n) is 14.8. The molecule has 0 saturated heterocycles. The van der Waals surface area contributed by atoms with Crippen molar-refractivity contribution < 1.29 is 4.42 Å². The lowest BCUT2D eigenvalue weighted by molar-refractivity contribution is 0.669. The molecule has 0 fully saturated rings. The van der Waals surface area contributed by atoms with Crippen molar-refractivity contribution in [3.05, 3.63) is 181 Å². The molecule has 0 N–H and O–H groups in total. The maximum atomic E-state index is 11.3. The molecule has 0 saturated carbocycles. The van der Waals surface area contributed by atoms with E-state index < -0.39 is 0 Å². The average Bonchev–Trinajstić information content (AvgIpc) is 4.07. The molecule has 4 aromatic heterocycles. The Bertz CT molecular complexity index is 4370. The van der Waals surface area contributed by atoms with Gasteiger partial charge in [0, 0.05) is 54.7 Å². The minimum atomic E-state index is 0.463. The van der Waals surface area contributed by atoms with Crippen molar-refractivity contribution in [1.82, 2.24) is 24.1 Å². The summed E-state index contributed by atoms with van der Waals surface area (Å²) in [6, 6.07) is 63.1. The van der Waals surface area contributed by atoms with E-state index in [9.17, 15) is 5.26 Å². The van der Waals surface area contributed by atoms with Crippen molar-refractivity contribution in [3.63, 3.8) is 0 Å². The number of furan rings is 1. The Kier molecular flexibility index (Phi) is 9.40. The predicted molar refractivity (Wildman–Crippen MR) is 303 cm³/mol. The number of benzene rings is 9. The molecule has 0 unspecified atom stereocenters. The fraction of sp³-hybridized carbons (Fsp3) is 0. The minimum Gasteiger partial charge on any atom is -0.456 e. The van der Waals surface area contributed by atoms with Crippen LogP contribution < -0.4 is 27.3 Å². The van der Waals surface area contributed by atoms with Crippen molar-refractivity contribution in [1.29, 1.82) is 5.26 Å². The standard InChI is InChI=1S/C58H39B5N6O/c59-49-50(60)52(62)55(53(63)51(49)61)69-44-20-10-7-18-40(44)48-45(69)26-24-38-36-15-6-9-19-43(36)68(54(38)48)42-25-22-32(28-34(42)30-64)56-65-57(33-23-27-47-41(29-33)37-16-8-11-21-46(37)70-47)67-58(66-56)39-17-5-4-14-35(39)31-12-2-1-3-13-31/h1-29H,59-63H2. The second-order valence-electron chi connectivity index (χ2n) is 18.4. The van der Waals surface area contributed by atoms with Gasteiger partial charge in [-0.25, -0.2) is 15.0 Å². The zero-order valence-electron chi connectivity index (χ0n) is 39.3. The van der Waals surface area contributed by atoms with Crippen LogP contribution in [0.4, 0.5) is 0 Å². The number of hydrogen-bond acceptors (Lipinski definition) is 5. The second-order valence-corrected chi connectivity index (χ2v) is 18.4. The molecule has 7 nitrogen and oxygen atoms in total. The van der Waals surface area contributed by atoms with Gasteiger partial charge in [0.2, 0.25) is 0 Å². The summed E-state index contributed by atoms with van der Waals surface area (Å²) in [5.74, 6) is 1.51. The first-order valence-corrected chi connectivity index (χ1v) is 23.7. The zero-order valence-corrected chi connectivity index (χ0v) is 39.3. The highest BCUT2D eigenvalue weighted by molar-refractivity contribution is 6.68. The van der Waals surface area contributed by atoms with E-state index in [1.165, 1.54) is 33.0 Å². The van der Waals surface area contributed by atoms with Gasteiger partial charge < -0.3 is 13.6 Å². The summed E-state index contributed by atoms with van der Waals surface area (Å²) in [5, 5.41) is 17.8. The Labute approximate surface area is 408 Å². The van der Waals surface area contributed by atoms with Crippen LogP contribution in [-0.2, 0) is 0 Å². The van der Waals surface area contributed by atoms with Crippen molar-refractivity contribution >= 4 is 132 Å². The van der Waals surface area contributed by atoms with E-state index in [-0.39, 0.29) is 0 Å². The van der Waals surface area contributed by atoms with E-state index >= 15 is 0 Å². The first kappa shape index (κ1) is 41.4. The topological polar surface area (TPSA) is 85.5 Å². The lowest BCUT2D eigenvalue weighted by Crippen LogP contribution is -2.56. The lowest BCUT2D eigenvalue weighted by atomic mass is 9.61. The van der Waals surface area contributed by atoms with Crippen LogP contribution >= 0.6 is 0 Å². The Morgan fingerprint density at radius 2 is 0.986 bits per heavy atom. The quantitative estimate of drug-likeness (QED) is 0.198. The van der Waals surface area contributed by atoms with Gasteiger partial charge in [-0.15, -0.1) is 5.46 Å². The maximum absolute atomic E-state index is 11.3. The molecule has 0 radical (unpaired) electrons. The molecule has 70 heavy (non-hydrogen) atoms. The van der Waals surface area contributed by atoms with Crippen LogP contribution in [0.5, 0.6) is 0 Å². The summed E-state index contributed by atoms with van der Waals surface area (Å²) in [4.78, 5) is 15.6. The van der Waals surface area contributed by atoms with Gasteiger partial charge in [0.15, 0.2) is 17.5 Å². The summed E-state index contributed by atoms with van der Waals surface area (Å²) in [6.45, 7) is 0. The molecule has 0 amide bonds. The van der Waals surface area contributed by atoms with Crippen LogP contribution in [0.25, 0.3) is 122 Å². The number of fused-ring (bicyclic) bond motifs is 10. The van der Waals surface area contributed by atoms with E-state index in [2.05, 4.69) is 158 Å². The van der Waals surface area contributed by atoms with Crippen molar-refractivity contribution in [2.24, 2.45) is 0 Å². The summed E-state index contributed by atoms with van der Waals surface area (Å²) in [5.41, 5.74) is 19.4. The van der Waals surface area contributed by atoms with Crippen LogP contribution in [-0.4, -0.2) is 63.3 Å². The fourth-order valence-electron chi connectivity index (χ4n) is 10.9. The number of nitriles is 1. The fourth-order valence-corrected chi connectivity index (χ4v) is 10.9. The highest BCUT2D eigenvalue weighted by Gasteiger charge is 2.25. The van der Waals surface area contributed by atoms with Gasteiger partial charge >= 0.3 is 0 Å². The SMILES string of the molecule is Bc1c(B)c(B)c(-n2c3ccccc3c3c2ccc2c4ccccc4n(-c4ccc(-c5nc(-c6ccc7oc8ccccc8c7c6)nc(-c6ccccc6-c6ccccc6)n5)cc4C#N)c23)c(B)c1B. The van der Waals surface area contributed by atoms with Gasteiger partial charge in [-0.2, -0.15) is 5.26 Å². The monoisotopic (exact) mass is 890 g/mol. The lowest BCUT2D eigenvalue weighted by Gasteiger charge is -2.22. The number of aromatic nitrogens is 5. The minimum absolute atomic E-state index is 0.463. The normalized spacial score (nSPS) is 11.7. The van der Waals surface area contributed by atoms with E-state index in [1.54, 1.807) is 0 Å². The predicted octanol–water partition coefficient (Wildman–Crippen LogP) is 5.80. The van der Waals surface area contributed by atoms with Crippen LogP contribution in [0, 0.1) is 11.3 Å². The Hall–Kier alpha value is -8.80. The van der Waals surface area contributed by atoms with Gasteiger partial charge in [-0.3, -0.25) is 0 Å². The van der Waals surface area contributed by atoms with Crippen molar-refractivity contribution in [2.45, 2.75) is 0 Å². The highest BCUT2D eigenvalue weighted by Crippen LogP contribution is 2.43. The molecular weight excluding hydrogens is 851 g/mol. The van der Waals surface area contributed by atoms with E-state index in [0.29, 0.717) is 28.6 Å². The summed E-state index contributed by atoms with van der Waals surface area (Å²) in [7, 11) is 11.2.